The van der Waals surface area contributed by atoms with Crippen LogP contribution in [0.5, 0.6) is 0 Å². The third-order valence-electron chi connectivity index (χ3n) is 4.06. The van der Waals surface area contributed by atoms with Crippen molar-refractivity contribution in [1.29, 1.82) is 0 Å². The van der Waals surface area contributed by atoms with Gasteiger partial charge in [0.1, 0.15) is 0 Å². The molecule has 3 N–H and O–H groups in total. The Morgan fingerprint density at radius 2 is 2.11 bits per heavy atom. The highest BCUT2D eigenvalue weighted by Crippen LogP contribution is 2.23. The number of nitrogens with zero attached hydrogens (tertiary/aromatic N) is 1. The molecule has 0 aromatic carbocycles. The first-order valence-electron chi connectivity index (χ1n) is 7.02. The number of ether oxygens (including phenoxy) is 1. The minimum atomic E-state index is -3.41. The second-order valence-corrected chi connectivity index (χ2v) is 7.57. The predicted molar refractivity (Wildman–Crippen MR) is 73.9 cm³/mol. The molecule has 2 aliphatic rings. The molecule has 0 spiro atoms. The van der Waals surface area contributed by atoms with Crippen LogP contribution in [0.1, 0.15) is 32.6 Å². The largest absolute Gasteiger partial charge is 0.380 e. The highest BCUT2D eigenvalue weighted by atomic mass is 32.2. The number of hydrogen-bond donors (Lipinski definition) is 2. The number of nitrogens with two attached hydrogens (primary N) is 1. The van der Waals surface area contributed by atoms with Gasteiger partial charge in [-0.2, -0.15) is 17.4 Å². The lowest BCUT2D eigenvalue weighted by Gasteiger charge is -2.37. The molecule has 112 valence electrons. The molecule has 0 aromatic heterocycles. The van der Waals surface area contributed by atoms with Crippen LogP contribution in [0.2, 0.25) is 0 Å². The molecule has 0 aliphatic carbocycles. The van der Waals surface area contributed by atoms with Crippen molar-refractivity contribution in [2.75, 3.05) is 32.8 Å². The summed E-state index contributed by atoms with van der Waals surface area (Å²) in [4.78, 5) is 0. The van der Waals surface area contributed by atoms with E-state index in [2.05, 4.69) is 4.72 Å². The SMILES string of the molecule is CC1(NS(=O)(=O)N2CCC(CN)CC2)CCCOC1. The first-order chi connectivity index (χ1) is 8.95. The zero-order chi connectivity index (χ0) is 13.9. The summed E-state index contributed by atoms with van der Waals surface area (Å²) < 4.78 is 34.5. The lowest BCUT2D eigenvalue weighted by atomic mass is 9.97. The molecule has 2 saturated heterocycles. The quantitative estimate of drug-likeness (QED) is 0.767. The molecular formula is C12H25N3O3S. The highest BCUT2D eigenvalue weighted by Gasteiger charge is 2.36. The Hall–Kier alpha value is -0.210. The van der Waals surface area contributed by atoms with Crippen molar-refractivity contribution in [1.82, 2.24) is 9.03 Å². The zero-order valence-corrected chi connectivity index (χ0v) is 12.4. The summed E-state index contributed by atoms with van der Waals surface area (Å²) in [5.41, 5.74) is 5.16. The minimum Gasteiger partial charge on any atom is -0.380 e. The molecule has 6 nitrogen and oxygen atoms in total. The molecule has 1 unspecified atom stereocenters. The van der Waals surface area contributed by atoms with E-state index in [0.717, 1.165) is 32.3 Å². The second kappa shape index (κ2) is 6.05. The summed E-state index contributed by atoms with van der Waals surface area (Å²) in [5, 5.41) is 0. The molecule has 0 aromatic rings. The van der Waals surface area contributed by atoms with Crippen molar-refractivity contribution in [2.45, 2.75) is 38.1 Å². The van der Waals surface area contributed by atoms with E-state index in [1.165, 1.54) is 0 Å². The van der Waals surface area contributed by atoms with Crippen LogP contribution in [0.4, 0.5) is 0 Å². The third kappa shape index (κ3) is 3.88. The summed E-state index contributed by atoms with van der Waals surface area (Å²) >= 11 is 0. The van der Waals surface area contributed by atoms with Gasteiger partial charge >= 0.3 is 0 Å². The number of nitrogens with one attached hydrogen (secondary N) is 1. The van der Waals surface area contributed by atoms with E-state index < -0.39 is 15.7 Å². The molecule has 0 bridgehead atoms. The Morgan fingerprint density at radius 1 is 1.42 bits per heavy atom. The smallest absolute Gasteiger partial charge is 0.280 e. The van der Waals surface area contributed by atoms with Crippen molar-refractivity contribution < 1.29 is 13.2 Å². The monoisotopic (exact) mass is 291 g/mol. The van der Waals surface area contributed by atoms with Crippen molar-refractivity contribution in [2.24, 2.45) is 11.7 Å². The molecule has 7 heteroatoms. The average molecular weight is 291 g/mol. The number of hydrogen-bond acceptors (Lipinski definition) is 4. The average Bonchev–Trinajstić information content (AvgIpc) is 2.38. The Morgan fingerprint density at radius 3 is 2.63 bits per heavy atom. The van der Waals surface area contributed by atoms with Crippen molar-refractivity contribution >= 4 is 10.2 Å². The molecule has 0 radical (unpaired) electrons. The van der Waals surface area contributed by atoms with Gasteiger partial charge in [-0.3, -0.25) is 0 Å². The lowest BCUT2D eigenvalue weighted by Crippen LogP contribution is -2.56. The van der Waals surface area contributed by atoms with E-state index >= 15 is 0 Å². The van der Waals surface area contributed by atoms with E-state index in [1.807, 2.05) is 6.92 Å². The van der Waals surface area contributed by atoms with Gasteiger partial charge in [-0.05, 0) is 45.1 Å². The van der Waals surface area contributed by atoms with Crippen LogP contribution in [0.25, 0.3) is 0 Å². The third-order valence-corrected chi connectivity index (χ3v) is 5.86. The summed E-state index contributed by atoms with van der Waals surface area (Å²) in [6.07, 6.45) is 3.43. The van der Waals surface area contributed by atoms with Gasteiger partial charge < -0.3 is 10.5 Å². The van der Waals surface area contributed by atoms with Crippen LogP contribution in [0.15, 0.2) is 0 Å². The van der Waals surface area contributed by atoms with Crippen LogP contribution in [-0.2, 0) is 14.9 Å². The van der Waals surface area contributed by atoms with E-state index in [1.54, 1.807) is 4.31 Å². The topological polar surface area (TPSA) is 84.7 Å². The molecule has 19 heavy (non-hydrogen) atoms. The van der Waals surface area contributed by atoms with Crippen LogP contribution < -0.4 is 10.5 Å². The van der Waals surface area contributed by atoms with Gasteiger partial charge in [0.15, 0.2) is 0 Å². The van der Waals surface area contributed by atoms with Gasteiger partial charge in [-0.15, -0.1) is 0 Å². The first-order valence-corrected chi connectivity index (χ1v) is 8.46. The van der Waals surface area contributed by atoms with Crippen molar-refractivity contribution in [3.8, 4) is 0 Å². The summed E-state index contributed by atoms with van der Waals surface area (Å²) in [7, 11) is -3.41. The normalized spacial score (nSPS) is 31.5. The Balaban J connectivity index is 1.95. The fourth-order valence-electron chi connectivity index (χ4n) is 2.78. The molecular weight excluding hydrogens is 266 g/mol. The fourth-order valence-corrected chi connectivity index (χ4v) is 4.38. The molecule has 2 heterocycles. The van der Waals surface area contributed by atoms with Gasteiger partial charge in [0.2, 0.25) is 0 Å². The Kier molecular flexibility index (Phi) is 4.84. The van der Waals surface area contributed by atoms with Gasteiger partial charge in [0, 0.05) is 19.7 Å². The van der Waals surface area contributed by atoms with Gasteiger partial charge in [-0.1, -0.05) is 0 Å². The fraction of sp³-hybridized carbons (Fsp3) is 1.00. The lowest BCUT2D eigenvalue weighted by molar-refractivity contribution is 0.0377. The predicted octanol–water partition coefficient (Wildman–Crippen LogP) is 0.0606. The molecule has 0 amide bonds. The highest BCUT2D eigenvalue weighted by molar-refractivity contribution is 7.87. The van der Waals surface area contributed by atoms with Gasteiger partial charge in [0.25, 0.3) is 10.2 Å². The van der Waals surface area contributed by atoms with Crippen LogP contribution in [0.3, 0.4) is 0 Å². The summed E-state index contributed by atoms with van der Waals surface area (Å²) in [6, 6.07) is 0. The molecule has 2 fully saturated rings. The number of rotatable bonds is 4. The van der Waals surface area contributed by atoms with Crippen LogP contribution in [-0.4, -0.2) is 51.1 Å². The molecule has 0 saturated carbocycles. The maximum absolute atomic E-state index is 12.4. The van der Waals surface area contributed by atoms with Crippen LogP contribution in [0, 0.1) is 5.92 Å². The van der Waals surface area contributed by atoms with E-state index in [-0.39, 0.29) is 0 Å². The van der Waals surface area contributed by atoms with Crippen molar-refractivity contribution in [3.63, 3.8) is 0 Å². The molecule has 1 atom stereocenters. The zero-order valence-electron chi connectivity index (χ0n) is 11.6. The van der Waals surface area contributed by atoms with E-state index in [4.69, 9.17) is 10.5 Å². The maximum atomic E-state index is 12.4. The minimum absolute atomic E-state index is 0.450. The summed E-state index contributed by atoms with van der Waals surface area (Å²) in [5.74, 6) is 0.458. The second-order valence-electron chi connectivity index (χ2n) is 5.90. The Labute approximate surface area is 115 Å². The van der Waals surface area contributed by atoms with Gasteiger partial charge in [-0.25, -0.2) is 0 Å². The molecule has 2 aliphatic heterocycles. The molecule has 2 rings (SSSR count). The first kappa shape index (κ1) is 15.2. The van der Waals surface area contributed by atoms with Crippen molar-refractivity contribution in [3.05, 3.63) is 0 Å². The Bertz CT molecular complexity index is 385. The standard InChI is InChI=1S/C12H25N3O3S/c1-12(5-2-8-18-10-12)14-19(16,17)15-6-3-11(9-13)4-7-15/h11,14H,2-10,13H2,1H3. The summed E-state index contributed by atoms with van der Waals surface area (Å²) in [6.45, 7) is 4.86. The number of piperidine rings is 1. The van der Waals surface area contributed by atoms with Crippen LogP contribution >= 0.6 is 0 Å². The maximum Gasteiger partial charge on any atom is 0.280 e. The van der Waals surface area contributed by atoms with E-state index in [9.17, 15) is 8.42 Å². The van der Waals surface area contributed by atoms with E-state index in [0.29, 0.717) is 32.2 Å². The van der Waals surface area contributed by atoms with Gasteiger partial charge in [0.05, 0.1) is 12.1 Å².